The van der Waals surface area contributed by atoms with E-state index in [1.165, 1.54) is 6.42 Å². The zero-order valence-corrected chi connectivity index (χ0v) is 8.17. The second-order valence-corrected chi connectivity index (χ2v) is 3.86. The average molecular weight is 178 g/mol. The summed E-state index contributed by atoms with van der Waals surface area (Å²) in [6.45, 7) is 7.38. The van der Waals surface area contributed by atoms with Crippen molar-refractivity contribution in [1.82, 2.24) is 0 Å². The highest BCUT2D eigenvalue weighted by Gasteiger charge is 2.26. The van der Waals surface area contributed by atoms with Crippen molar-refractivity contribution < 1.29 is 4.79 Å². The predicted octanol–water partition coefficient (Wildman–Crippen LogP) is 3.12. The molecule has 0 saturated heterocycles. The maximum Gasteiger partial charge on any atom is 0.136 e. The molecule has 2 atom stereocenters. The summed E-state index contributed by atoms with van der Waals surface area (Å²) in [4.78, 5) is 11.6. The molecule has 1 aliphatic rings. The molecule has 2 unspecified atom stereocenters. The number of carbonyl (C=O) groups excluding carboxylic acids is 1. The van der Waals surface area contributed by atoms with Crippen LogP contribution >= 0.6 is 0 Å². The average Bonchev–Trinajstić information content (AvgIpc) is 2.10. The monoisotopic (exact) mass is 178 g/mol. The molecule has 1 aliphatic carbocycles. The van der Waals surface area contributed by atoms with Crippen LogP contribution in [0.4, 0.5) is 0 Å². The van der Waals surface area contributed by atoms with Crippen LogP contribution < -0.4 is 0 Å². The Labute approximate surface area is 80.5 Å². The first kappa shape index (κ1) is 10.2. The third-order valence-electron chi connectivity index (χ3n) is 2.82. The van der Waals surface area contributed by atoms with Gasteiger partial charge in [-0.1, -0.05) is 12.2 Å². The molecule has 0 spiro atoms. The molecule has 0 bridgehead atoms. The lowest BCUT2D eigenvalue weighted by Crippen LogP contribution is -2.24. The van der Waals surface area contributed by atoms with Crippen molar-refractivity contribution in [1.29, 1.82) is 0 Å². The van der Waals surface area contributed by atoms with E-state index >= 15 is 0 Å². The summed E-state index contributed by atoms with van der Waals surface area (Å²) in [7, 11) is 0. The third kappa shape index (κ3) is 2.83. The van der Waals surface area contributed by atoms with Crippen LogP contribution in [-0.4, -0.2) is 5.78 Å². The summed E-state index contributed by atoms with van der Waals surface area (Å²) < 4.78 is 0. The molecule has 13 heavy (non-hydrogen) atoms. The fraction of sp³-hybridized carbons (Fsp3) is 0.583. The molecular weight excluding hydrogens is 160 g/mol. The topological polar surface area (TPSA) is 17.1 Å². The predicted molar refractivity (Wildman–Crippen MR) is 55.5 cm³/mol. The quantitative estimate of drug-likeness (QED) is 0.604. The molecule has 0 aromatic rings. The first-order valence-electron chi connectivity index (χ1n) is 5.02. The number of hydrogen-bond acceptors (Lipinski definition) is 1. The zero-order chi connectivity index (χ0) is 9.68. The van der Waals surface area contributed by atoms with Crippen LogP contribution in [0.15, 0.2) is 25.3 Å². The van der Waals surface area contributed by atoms with Crippen LogP contribution in [0.2, 0.25) is 0 Å². The number of ketones is 1. The minimum atomic E-state index is 0.263. The van der Waals surface area contributed by atoms with E-state index in [0.29, 0.717) is 11.7 Å². The normalized spacial score (nSPS) is 28.5. The Morgan fingerprint density at radius 1 is 1.23 bits per heavy atom. The minimum absolute atomic E-state index is 0.263. The molecule has 1 rings (SSSR count). The minimum Gasteiger partial charge on any atom is -0.299 e. The Morgan fingerprint density at radius 3 is 2.46 bits per heavy atom. The van der Waals surface area contributed by atoms with Crippen molar-refractivity contribution in [3.8, 4) is 0 Å². The first-order chi connectivity index (χ1) is 6.27. The Bertz CT molecular complexity index is 205. The van der Waals surface area contributed by atoms with E-state index in [9.17, 15) is 4.79 Å². The summed E-state index contributed by atoms with van der Waals surface area (Å²) in [6.07, 6.45) is 8.61. The van der Waals surface area contributed by atoms with Crippen molar-refractivity contribution in [2.45, 2.75) is 32.1 Å². The Morgan fingerprint density at radius 2 is 1.92 bits per heavy atom. The van der Waals surface area contributed by atoms with Gasteiger partial charge in [0.1, 0.15) is 5.78 Å². The molecule has 0 aliphatic heterocycles. The Kier molecular flexibility index (Phi) is 3.94. The van der Waals surface area contributed by atoms with Crippen molar-refractivity contribution in [3.05, 3.63) is 25.3 Å². The van der Waals surface area contributed by atoms with Gasteiger partial charge in [0, 0.05) is 12.3 Å². The smallest absolute Gasteiger partial charge is 0.136 e. The van der Waals surface area contributed by atoms with Gasteiger partial charge in [-0.05, 0) is 31.6 Å². The SMILES string of the molecule is C=CCC1CCC(CC=C)C(=O)C1. The maximum atomic E-state index is 11.6. The van der Waals surface area contributed by atoms with Gasteiger partial charge in [-0.3, -0.25) is 4.79 Å². The van der Waals surface area contributed by atoms with E-state index in [-0.39, 0.29) is 5.92 Å². The van der Waals surface area contributed by atoms with Crippen LogP contribution in [0.5, 0.6) is 0 Å². The number of rotatable bonds is 4. The van der Waals surface area contributed by atoms with Crippen LogP contribution in [0.1, 0.15) is 32.1 Å². The van der Waals surface area contributed by atoms with E-state index in [2.05, 4.69) is 13.2 Å². The van der Waals surface area contributed by atoms with Crippen molar-refractivity contribution in [2.24, 2.45) is 11.8 Å². The van der Waals surface area contributed by atoms with Crippen LogP contribution in [0.25, 0.3) is 0 Å². The molecule has 1 nitrogen and oxygen atoms in total. The standard InChI is InChI=1S/C12H18O/c1-3-5-10-7-8-11(6-4-2)12(13)9-10/h3-4,10-11H,1-2,5-9H2. The van der Waals surface area contributed by atoms with Crippen molar-refractivity contribution in [2.75, 3.05) is 0 Å². The summed E-state index contributed by atoms with van der Waals surface area (Å²) in [5.41, 5.74) is 0. The van der Waals surface area contributed by atoms with E-state index in [0.717, 1.165) is 25.7 Å². The fourth-order valence-corrected chi connectivity index (χ4v) is 2.04. The van der Waals surface area contributed by atoms with E-state index < -0.39 is 0 Å². The van der Waals surface area contributed by atoms with Gasteiger partial charge in [0.15, 0.2) is 0 Å². The zero-order valence-electron chi connectivity index (χ0n) is 8.17. The Hall–Kier alpha value is -0.850. The van der Waals surface area contributed by atoms with Crippen molar-refractivity contribution in [3.63, 3.8) is 0 Å². The van der Waals surface area contributed by atoms with Gasteiger partial charge in [0.2, 0.25) is 0 Å². The highest BCUT2D eigenvalue weighted by atomic mass is 16.1. The number of allylic oxidation sites excluding steroid dienone is 2. The molecule has 0 aromatic carbocycles. The van der Waals surface area contributed by atoms with Gasteiger partial charge in [-0.15, -0.1) is 13.2 Å². The second kappa shape index (κ2) is 5.00. The second-order valence-electron chi connectivity index (χ2n) is 3.86. The number of hydrogen-bond donors (Lipinski definition) is 0. The lowest BCUT2D eigenvalue weighted by atomic mass is 9.78. The molecule has 72 valence electrons. The van der Waals surface area contributed by atoms with Gasteiger partial charge in [0.25, 0.3) is 0 Å². The maximum absolute atomic E-state index is 11.6. The summed E-state index contributed by atoms with van der Waals surface area (Å²) in [6, 6.07) is 0. The Balaban J connectivity index is 2.41. The summed E-state index contributed by atoms with van der Waals surface area (Å²) in [5.74, 6) is 1.25. The number of Topliss-reactive ketones (excluding diaryl/α,β-unsaturated/α-hetero) is 1. The molecule has 0 heterocycles. The fourth-order valence-electron chi connectivity index (χ4n) is 2.04. The summed E-state index contributed by atoms with van der Waals surface area (Å²) in [5, 5.41) is 0. The summed E-state index contributed by atoms with van der Waals surface area (Å²) >= 11 is 0. The third-order valence-corrected chi connectivity index (χ3v) is 2.82. The lowest BCUT2D eigenvalue weighted by molar-refractivity contribution is -0.125. The van der Waals surface area contributed by atoms with Gasteiger partial charge < -0.3 is 0 Å². The van der Waals surface area contributed by atoms with E-state index in [1.54, 1.807) is 0 Å². The molecule has 0 amide bonds. The molecular formula is C12H18O. The molecule has 0 N–H and O–H groups in total. The highest BCUT2D eigenvalue weighted by Crippen LogP contribution is 2.30. The largest absolute Gasteiger partial charge is 0.299 e. The molecule has 1 fully saturated rings. The molecule has 0 aromatic heterocycles. The van der Waals surface area contributed by atoms with Gasteiger partial charge in [0.05, 0.1) is 0 Å². The molecule has 1 heteroatoms. The van der Waals surface area contributed by atoms with Gasteiger partial charge in [-0.2, -0.15) is 0 Å². The van der Waals surface area contributed by atoms with Crippen LogP contribution in [0, 0.1) is 11.8 Å². The highest BCUT2D eigenvalue weighted by molar-refractivity contribution is 5.82. The first-order valence-corrected chi connectivity index (χ1v) is 5.02. The number of carbonyl (C=O) groups is 1. The van der Waals surface area contributed by atoms with Crippen molar-refractivity contribution >= 4 is 5.78 Å². The van der Waals surface area contributed by atoms with E-state index in [1.807, 2.05) is 12.2 Å². The van der Waals surface area contributed by atoms with Crippen LogP contribution in [-0.2, 0) is 4.79 Å². The molecule has 1 saturated carbocycles. The van der Waals surface area contributed by atoms with E-state index in [4.69, 9.17) is 0 Å². The van der Waals surface area contributed by atoms with Gasteiger partial charge in [-0.25, -0.2) is 0 Å². The molecule has 0 radical (unpaired) electrons. The van der Waals surface area contributed by atoms with Crippen LogP contribution in [0.3, 0.4) is 0 Å². The lowest BCUT2D eigenvalue weighted by Gasteiger charge is -2.25. The van der Waals surface area contributed by atoms with Gasteiger partial charge >= 0.3 is 0 Å².